The van der Waals surface area contributed by atoms with E-state index in [4.69, 9.17) is 4.74 Å². The number of hydrogen-bond donors (Lipinski definition) is 1. The van der Waals surface area contributed by atoms with Crippen LogP contribution in [0.25, 0.3) is 0 Å². The summed E-state index contributed by atoms with van der Waals surface area (Å²) in [6.07, 6.45) is 0.961. The van der Waals surface area contributed by atoms with Crippen molar-refractivity contribution in [3.05, 3.63) is 35.4 Å². The Balaban J connectivity index is 1.92. The third-order valence-corrected chi connectivity index (χ3v) is 3.89. The number of benzene rings is 1. The predicted octanol–water partition coefficient (Wildman–Crippen LogP) is 3.46. The van der Waals surface area contributed by atoms with Crippen LogP contribution in [0, 0.1) is 0 Å². The Kier molecular flexibility index (Phi) is 5.17. The van der Waals surface area contributed by atoms with Gasteiger partial charge >= 0.3 is 0 Å². The van der Waals surface area contributed by atoms with Gasteiger partial charge in [-0.2, -0.15) is 0 Å². The fourth-order valence-corrected chi connectivity index (χ4v) is 2.78. The molecule has 0 aliphatic carbocycles. The van der Waals surface area contributed by atoms with Crippen LogP contribution < -0.4 is 5.32 Å². The second kappa shape index (κ2) is 6.68. The molecule has 1 aromatic rings. The van der Waals surface area contributed by atoms with Crippen molar-refractivity contribution in [2.75, 3.05) is 19.8 Å². The van der Waals surface area contributed by atoms with Gasteiger partial charge < -0.3 is 10.1 Å². The Morgan fingerprint density at radius 1 is 1.35 bits per heavy atom. The maximum atomic E-state index is 14.7. The van der Waals surface area contributed by atoms with Crippen LogP contribution >= 0.6 is 0 Å². The Morgan fingerprint density at radius 2 is 2.05 bits per heavy atom. The molecule has 2 nitrogen and oxygen atoms in total. The van der Waals surface area contributed by atoms with E-state index in [0.29, 0.717) is 25.4 Å². The number of nitrogens with one attached hydrogen (secondary N) is 1. The van der Waals surface area contributed by atoms with Gasteiger partial charge in [0.2, 0.25) is 0 Å². The van der Waals surface area contributed by atoms with Gasteiger partial charge in [0.15, 0.2) is 0 Å². The lowest BCUT2D eigenvalue weighted by Gasteiger charge is -2.30. The summed E-state index contributed by atoms with van der Waals surface area (Å²) in [4.78, 5) is 0. The lowest BCUT2D eigenvalue weighted by atomic mass is 9.90. The van der Waals surface area contributed by atoms with Gasteiger partial charge in [-0.3, -0.25) is 0 Å². The standard InChI is InChI=1S/C17H26FNO/c1-13(2)15-6-4-14(5-7-15)10-17(3,18)11-16-12-20-9-8-19-16/h4-7,13,16,19H,8-12H2,1-3H3. The van der Waals surface area contributed by atoms with Crippen molar-refractivity contribution in [2.45, 2.75) is 51.2 Å². The first-order valence-electron chi connectivity index (χ1n) is 7.55. The first kappa shape index (κ1) is 15.5. The van der Waals surface area contributed by atoms with Crippen LogP contribution in [0.1, 0.15) is 44.2 Å². The van der Waals surface area contributed by atoms with E-state index in [9.17, 15) is 4.39 Å². The van der Waals surface area contributed by atoms with E-state index < -0.39 is 5.67 Å². The van der Waals surface area contributed by atoms with Crippen LogP contribution in [0.5, 0.6) is 0 Å². The molecule has 20 heavy (non-hydrogen) atoms. The first-order chi connectivity index (χ1) is 9.46. The number of halogens is 1. The smallest absolute Gasteiger partial charge is 0.113 e. The van der Waals surface area contributed by atoms with Crippen molar-refractivity contribution in [1.82, 2.24) is 5.32 Å². The fraction of sp³-hybridized carbons (Fsp3) is 0.647. The minimum Gasteiger partial charge on any atom is -0.379 e. The molecule has 3 heteroatoms. The first-order valence-corrected chi connectivity index (χ1v) is 7.55. The normalized spacial score (nSPS) is 22.8. The molecule has 1 fully saturated rings. The lowest BCUT2D eigenvalue weighted by Crippen LogP contribution is -2.45. The Morgan fingerprint density at radius 3 is 2.60 bits per heavy atom. The van der Waals surface area contributed by atoms with Crippen molar-refractivity contribution < 1.29 is 9.13 Å². The van der Waals surface area contributed by atoms with Crippen LogP contribution in [0.15, 0.2) is 24.3 Å². The van der Waals surface area contributed by atoms with Crippen LogP contribution in [0.3, 0.4) is 0 Å². The van der Waals surface area contributed by atoms with E-state index in [2.05, 4.69) is 43.4 Å². The van der Waals surface area contributed by atoms with Crippen molar-refractivity contribution in [2.24, 2.45) is 0 Å². The third-order valence-electron chi connectivity index (χ3n) is 3.89. The van der Waals surface area contributed by atoms with Gasteiger partial charge in [0, 0.05) is 19.0 Å². The fourth-order valence-electron chi connectivity index (χ4n) is 2.78. The maximum absolute atomic E-state index is 14.7. The van der Waals surface area contributed by atoms with Crippen LogP contribution in [-0.2, 0) is 11.2 Å². The molecule has 112 valence electrons. The number of morpholine rings is 1. The quantitative estimate of drug-likeness (QED) is 0.891. The average molecular weight is 279 g/mol. The van der Waals surface area contributed by atoms with Gasteiger partial charge in [-0.25, -0.2) is 4.39 Å². The summed E-state index contributed by atoms with van der Waals surface area (Å²) >= 11 is 0. The van der Waals surface area contributed by atoms with Gasteiger partial charge in [0.1, 0.15) is 5.67 Å². The van der Waals surface area contributed by atoms with Crippen molar-refractivity contribution >= 4 is 0 Å². The van der Waals surface area contributed by atoms with Gasteiger partial charge in [-0.05, 0) is 30.4 Å². The highest BCUT2D eigenvalue weighted by molar-refractivity contribution is 5.25. The summed E-state index contributed by atoms with van der Waals surface area (Å²) in [7, 11) is 0. The van der Waals surface area contributed by atoms with E-state index in [0.717, 1.165) is 18.7 Å². The summed E-state index contributed by atoms with van der Waals surface area (Å²) < 4.78 is 20.1. The predicted molar refractivity (Wildman–Crippen MR) is 81.0 cm³/mol. The van der Waals surface area contributed by atoms with Crippen molar-refractivity contribution in [3.63, 3.8) is 0 Å². The second-order valence-electron chi connectivity index (χ2n) is 6.42. The molecule has 2 rings (SSSR count). The lowest BCUT2D eigenvalue weighted by molar-refractivity contribution is 0.0483. The van der Waals surface area contributed by atoms with E-state index in [-0.39, 0.29) is 6.04 Å². The molecule has 1 N–H and O–H groups in total. The van der Waals surface area contributed by atoms with E-state index in [1.165, 1.54) is 5.56 Å². The molecular weight excluding hydrogens is 253 g/mol. The number of rotatable bonds is 5. The molecule has 0 aromatic heterocycles. The van der Waals surface area contributed by atoms with E-state index >= 15 is 0 Å². The Bertz CT molecular complexity index is 408. The highest BCUT2D eigenvalue weighted by Crippen LogP contribution is 2.25. The van der Waals surface area contributed by atoms with Gasteiger partial charge in [0.05, 0.1) is 13.2 Å². The minimum absolute atomic E-state index is 0.133. The van der Waals surface area contributed by atoms with Crippen molar-refractivity contribution in [1.29, 1.82) is 0 Å². The monoisotopic (exact) mass is 279 g/mol. The molecule has 0 bridgehead atoms. The summed E-state index contributed by atoms with van der Waals surface area (Å²) in [5.74, 6) is 0.518. The largest absolute Gasteiger partial charge is 0.379 e. The molecule has 2 unspecified atom stereocenters. The highest BCUT2D eigenvalue weighted by atomic mass is 19.1. The summed E-state index contributed by atoms with van der Waals surface area (Å²) in [6, 6.07) is 8.46. The molecule has 0 radical (unpaired) electrons. The van der Waals surface area contributed by atoms with E-state index in [1.54, 1.807) is 6.92 Å². The zero-order chi connectivity index (χ0) is 14.6. The molecule has 2 atom stereocenters. The summed E-state index contributed by atoms with van der Waals surface area (Å²) in [6.45, 7) is 8.21. The van der Waals surface area contributed by atoms with Gasteiger partial charge in [-0.1, -0.05) is 38.1 Å². The Labute approximate surface area is 121 Å². The molecule has 1 aromatic carbocycles. The van der Waals surface area contributed by atoms with Gasteiger partial charge in [-0.15, -0.1) is 0 Å². The molecule has 0 spiro atoms. The Hall–Kier alpha value is -0.930. The molecule has 1 heterocycles. The number of hydrogen-bond acceptors (Lipinski definition) is 2. The molecular formula is C17H26FNO. The van der Waals surface area contributed by atoms with E-state index in [1.807, 2.05) is 0 Å². The SMILES string of the molecule is CC(C)c1ccc(CC(C)(F)CC2COCCN2)cc1. The molecule has 1 aliphatic rings. The number of alkyl halides is 1. The minimum atomic E-state index is -1.20. The van der Waals surface area contributed by atoms with Crippen LogP contribution in [0.2, 0.25) is 0 Å². The van der Waals surface area contributed by atoms with Crippen LogP contribution in [0.4, 0.5) is 4.39 Å². The topological polar surface area (TPSA) is 21.3 Å². The third kappa shape index (κ3) is 4.57. The second-order valence-corrected chi connectivity index (χ2v) is 6.42. The van der Waals surface area contributed by atoms with Crippen LogP contribution in [-0.4, -0.2) is 31.5 Å². The average Bonchev–Trinajstić information content (AvgIpc) is 2.39. The molecule has 0 saturated carbocycles. The van der Waals surface area contributed by atoms with Crippen molar-refractivity contribution in [3.8, 4) is 0 Å². The summed E-state index contributed by atoms with van der Waals surface area (Å²) in [5.41, 5.74) is 1.17. The summed E-state index contributed by atoms with van der Waals surface area (Å²) in [5, 5.41) is 3.32. The number of ether oxygens (including phenoxy) is 1. The van der Waals surface area contributed by atoms with Gasteiger partial charge in [0.25, 0.3) is 0 Å². The highest BCUT2D eigenvalue weighted by Gasteiger charge is 2.29. The zero-order valence-corrected chi connectivity index (χ0v) is 12.8. The molecule has 0 amide bonds. The zero-order valence-electron chi connectivity index (χ0n) is 12.8. The molecule has 1 aliphatic heterocycles. The maximum Gasteiger partial charge on any atom is 0.113 e. The molecule has 1 saturated heterocycles.